The number of hydrogen-bond acceptors (Lipinski definition) is 5. The topological polar surface area (TPSA) is 67.6 Å². The monoisotopic (exact) mass is 190 g/mol. The molecular formula is C5H10N4S2. The summed E-state index contributed by atoms with van der Waals surface area (Å²) >= 11 is 3.42. The van der Waals surface area contributed by atoms with Crippen LogP contribution < -0.4 is 5.73 Å². The summed E-state index contributed by atoms with van der Waals surface area (Å²) < 4.78 is 0. The number of hydrogen-bond donors (Lipinski definition) is 2. The van der Waals surface area contributed by atoms with Crippen molar-refractivity contribution >= 4 is 29.5 Å². The van der Waals surface area contributed by atoms with Crippen LogP contribution in [0, 0.1) is 0 Å². The quantitative estimate of drug-likeness (QED) is 0.544. The van der Waals surface area contributed by atoms with Crippen molar-refractivity contribution in [2.75, 3.05) is 23.5 Å². The van der Waals surface area contributed by atoms with E-state index in [4.69, 9.17) is 5.73 Å². The number of H-pyrrole nitrogens is 1. The fraction of sp³-hybridized carbons (Fsp3) is 0.600. The molecule has 4 nitrogen and oxygen atoms in total. The average Bonchev–Trinajstić information content (AvgIpc) is 2.37. The van der Waals surface area contributed by atoms with Crippen LogP contribution in [0.5, 0.6) is 0 Å². The molecule has 0 saturated heterocycles. The molecule has 62 valence electrons. The second-order valence-electron chi connectivity index (χ2n) is 1.84. The van der Waals surface area contributed by atoms with E-state index in [9.17, 15) is 0 Å². The van der Waals surface area contributed by atoms with Gasteiger partial charge in [0.05, 0.1) is 0 Å². The first kappa shape index (κ1) is 8.73. The van der Waals surface area contributed by atoms with Crippen LogP contribution in [-0.2, 0) is 0 Å². The summed E-state index contributed by atoms with van der Waals surface area (Å²) in [4.78, 5) is 3.95. The molecule has 0 aromatic carbocycles. The fourth-order valence-electron chi connectivity index (χ4n) is 0.539. The normalized spacial score (nSPS) is 10.3. The average molecular weight is 190 g/mol. The zero-order valence-corrected chi connectivity index (χ0v) is 7.84. The molecule has 0 unspecified atom stereocenters. The van der Waals surface area contributed by atoms with E-state index in [1.807, 2.05) is 11.8 Å². The molecule has 11 heavy (non-hydrogen) atoms. The maximum atomic E-state index is 5.34. The molecule has 1 aromatic heterocycles. The molecular weight excluding hydrogens is 180 g/mol. The van der Waals surface area contributed by atoms with E-state index in [1.54, 1.807) is 11.8 Å². The maximum absolute atomic E-state index is 5.34. The number of thioether (sulfide) groups is 2. The fourth-order valence-corrected chi connectivity index (χ4v) is 1.99. The summed E-state index contributed by atoms with van der Waals surface area (Å²) in [5, 5.41) is 7.20. The summed E-state index contributed by atoms with van der Waals surface area (Å²) in [7, 11) is 0. The molecule has 1 heterocycles. The Kier molecular flexibility index (Phi) is 3.58. The molecule has 0 aliphatic carbocycles. The van der Waals surface area contributed by atoms with Crippen molar-refractivity contribution in [3.8, 4) is 0 Å². The van der Waals surface area contributed by atoms with E-state index in [1.165, 1.54) is 0 Å². The smallest absolute Gasteiger partial charge is 0.216 e. The van der Waals surface area contributed by atoms with Gasteiger partial charge in [0, 0.05) is 11.5 Å². The van der Waals surface area contributed by atoms with Crippen molar-refractivity contribution in [2.45, 2.75) is 5.16 Å². The Balaban J connectivity index is 2.27. The zero-order chi connectivity index (χ0) is 8.10. The van der Waals surface area contributed by atoms with Gasteiger partial charge in [-0.05, 0) is 6.26 Å². The van der Waals surface area contributed by atoms with Crippen LogP contribution in [0.3, 0.4) is 0 Å². The zero-order valence-electron chi connectivity index (χ0n) is 6.20. The summed E-state index contributed by atoms with van der Waals surface area (Å²) in [6.45, 7) is 0. The third-order valence-electron chi connectivity index (χ3n) is 1.00. The van der Waals surface area contributed by atoms with Crippen LogP contribution >= 0.6 is 23.5 Å². The first-order valence-electron chi connectivity index (χ1n) is 3.12. The highest BCUT2D eigenvalue weighted by Gasteiger charge is 1.98. The second-order valence-corrected chi connectivity index (χ2v) is 3.89. The second kappa shape index (κ2) is 4.50. The molecule has 0 aliphatic rings. The largest absolute Gasteiger partial charge is 0.368 e. The van der Waals surface area contributed by atoms with Gasteiger partial charge >= 0.3 is 0 Å². The van der Waals surface area contributed by atoms with Crippen molar-refractivity contribution in [3.63, 3.8) is 0 Å². The molecule has 1 rings (SSSR count). The van der Waals surface area contributed by atoms with Gasteiger partial charge in [-0.1, -0.05) is 11.8 Å². The molecule has 0 saturated carbocycles. The molecule has 0 spiro atoms. The van der Waals surface area contributed by atoms with Gasteiger partial charge in [0.15, 0.2) is 0 Å². The van der Waals surface area contributed by atoms with Crippen LogP contribution in [-0.4, -0.2) is 32.9 Å². The summed E-state index contributed by atoms with van der Waals surface area (Å²) in [6, 6.07) is 0. The first-order valence-corrected chi connectivity index (χ1v) is 5.50. The van der Waals surface area contributed by atoms with Gasteiger partial charge in [-0.2, -0.15) is 16.7 Å². The number of nitrogens with one attached hydrogen (secondary N) is 1. The van der Waals surface area contributed by atoms with Crippen molar-refractivity contribution in [1.82, 2.24) is 15.2 Å². The minimum absolute atomic E-state index is 0.386. The van der Waals surface area contributed by atoms with Gasteiger partial charge in [-0.15, -0.1) is 5.10 Å². The SMILES string of the molecule is CSCCSc1n[nH]c(N)n1. The lowest BCUT2D eigenvalue weighted by molar-refractivity contribution is 0.974. The summed E-state index contributed by atoms with van der Waals surface area (Å²) in [5.74, 6) is 2.52. The maximum Gasteiger partial charge on any atom is 0.216 e. The number of rotatable bonds is 4. The van der Waals surface area contributed by atoms with Gasteiger partial charge in [0.1, 0.15) is 0 Å². The van der Waals surface area contributed by atoms with Gasteiger partial charge in [-0.3, -0.25) is 0 Å². The number of nitrogens with two attached hydrogens (primary N) is 1. The lowest BCUT2D eigenvalue weighted by Crippen LogP contribution is -1.86. The van der Waals surface area contributed by atoms with Crippen LogP contribution in [0.4, 0.5) is 5.95 Å². The number of aromatic nitrogens is 3. The molecule has 0 fully saturated rings. The Morgan fingerprint density at radius 3 is 2.91 bits per heavy atom. The Hall–Kier alpha value is -0.360. The first-order chi connectivity index (χ1) is 5.33. The predicted octanol–water partition coefficient (Wildman–Crippen LogP) is 0.842. The Labute approximate surface area is 73.7 Å². The standard InChI is InChI=1S/C5H10N4S2/c1-10-2-3-11-5-7-4(6)8-9-5/h2-3H2,1H3,(H3,6,7,8,9). The number of aromatic amines is 1. The lowest BCUT2D eigenvalue weighted by atomic mass is 11.0. The Morgan fingerprint density at radius 2 is 2.36 bits per heavy atom. The molecule has 6 heteroatoms. The summed E-state index contributed by atoms with van der Waals surface area (Å²) in [5.41, 5.74) is 5.34. The third-order valence-corrected chi connectivity index (χ3v) is 2.72. The molecule has 0 aliphatic heterocycles. The summed E-state index contributed by atoms with van der Waals surface area (Å²) in [6.07, 6.45) is 2.08. The Bertz CT molecular complexity index is 212. The van der Waals surface area contributed by atoms with Crippen molar-refractivity contribution in [3.05, 3.63) is 0 Å². The van der Waals surface area contributed by atoms with Crippen molar-refractivity contribution < 1.29 is 0 Å². The molecule has 0 bridgehead atoms. The van der Waals surface area contributed by atoms with Gasteiger partial charge in [-0.25, -0.2) is 5.10 Å². The minimum Gasteiger partial charge on any atom is -0.368 e. The van der Waals surface area contributed by atoms with Crippen LogP contribution in [0.2, 0.25) is 0 Å². The lowest BCUT2D eigenvalue weighted by Gasteiger charge is -1.91. The van der Waals surface area contributed by atoms with Crippen LogP contribution in [0.1, 0.15) is 0 Å². The van der Waals surface area contributed by atoms with Crippen molar-refractivity contribution in [1.29, 1.82) is 0 Å². The highest BCUT2D eigenvalue weighted by Crippen LogP contribution is 2.13. The third kappa shape index (κ3) is 3.02. The highest BCUT2D eigenvalue weighted by molar-refractivity contribution is 8.02. The van der Waals surface area contributed by atoms with E-state index >= 15 is 0 Å². The minimum atomic E-state index is 0.386. The van der Waals surface area contributed by atoms with Gasteiger partial charge in [0.25, 0.3) is 0 Å². The van der Waals surface area contributed by atoms with E-state index in [0.717, 1.165) is 16.7 Å². The number of nitrogen functional groups attached to an aromatic ring is 1. The molecule has 3 N–H and O–H groups in total. The van der Waals surface area contributed by atoms with Crippen LogP contribution in [0.25, 0.3) is 0 Å². The highest BCUT2D eigenvalue weighted by atomic mass is 32.2. The van der Waals surface area contributed by atoms with Crippen molar-refractivity contribution in [2.24, 2.45) is 0 Å². The van der Waals surface area contributed by atoms with E-state index in [0.29, 0.717) is 5.95 Å². The Morgan fingerprint density at radius 1 is 1.55 bits per heavy atom. The van der Waals surface area contributed by atoms with E-state index in [2.05, 4.69) is 21.4 Å². The molecule has 0 amide bonds. The van der Waals surface area contributed by atoms with E-state index in [-0.39, 0.29) is 0 Å². The molecule has 0 atom stereocenters. The predicted molar refractivity (Wildman–Crippen MR) is 49.9 cm³/mol. The van der Waals surface area contributed by atoms with Crippen LogP contribution in [0.15, 0.2) is 5.16 Å². The molecule has 0 radical (unpaired) electrons. The molecule has 1 aromatic rings. The van der Waals surface area contributed by atoms with Gasteiger partial charge in [0.2, 0.25) is 11.1 Å². The number of nitrogens with zero attached hydrogens (tertiary/aromatic N) is 2. The van der Waals surface area contributed by atoms with E-state index < -0.39 is 0 Å². The van der Waals surface area contributed by atoms with Gasteiger partial charge < -0.3 is 5.73 Å². The number of anilines is 1.